The maximum Gasteiger partial charge on any atom is 0.266 e. The lowest BCUT2D eigenvalue weighted by molar-refractivity contribution is -0.123. The van der Waals surface area contributed by atoms with E-state index in [-0.39, 0.29) is 11.9 Å². The van der Waals surface area contributed by atoms with Gasteiger partial charge >= 0.3 is 0 Å². The first-order valence-electron chi connectivity index (χ1n) is 10.1. The number of benzene rings is 2. The highest BCUT2D eigenvalue weighted by Crippen LogP contribution is 2.36. The Morgan fingerprint density at radius 3 is 2.45 bits per heavy atom. The van der Waals surface area contributed by atoms with Crippen LogP contribution in [0.2, 0.25) is 0 Å². The molecule has 4 rings (SSSR count). The Morgan fingerprint density at radius 2 is 1.84 bits per heavy atom. The molecule has 0 aliphatic carbocycles. The van der Waals surface area contributed by atoms with E-state index in [9.17, 15) is 4.79 Å². The summed E-state index contributed by atoms with van der Waals surface area (Å²) in [6, 6.07) is 18.4. The van der Waals surface area contributed by atoms with Gasteiger partial charge in [-0.15, -0.1) is 11.8 Å². The van der Waals surface area contributed by atoms with Crippen molar-refractivity contribution in [3.05, 3.63) is 71.3 Å². The summed E-state index contributed by atoms with van der Waals surface area (Å²) in [5.74, 6) is 0.989. The molecule has 1 amide bonds. The Hall–Kier alpha value is -2.35. The fourth-order valence-electron chi connectivity index (χ4n) is 3.37. The number of hydrogen-bond donors (Lipinski definition) is 0. The van der Waals surface area contributed by atoms with Crippen LogP contribution in [0, 0.1) is 0 Å². The van der Waals surface area contributed by atoms with Crippen LogP contribution in [0.1, 0.15) is 26.3 Å². The monoisotopic (exact) mass is 465 g/mol. The number of rotatable bonds is 6. The van der Waals surface area contributed by atoms with E-state index >= 15 is 0 Å². The number of aromatic nitrogens is 2. The lowest BCUT2D eigenvalue weighted by atomic mass is 10.1. The molecular weight excluding hydrogens is 442 g/mol. The molecule has 31 heavy (non-hydrogen) atoms. The maximum atomic E-state index is 12.9. The van der Waals surface area contributed by atoms with Crippen LogP contribution in [0.25, 0.3) is 23.0 Å². The number of hydrogen-bond acceptors (Lipinski definition) is 5. The van der Waals surface area contributed by atoms with E-state index in [4.69, 9.17) is 17.3 Å². The van der Waals surface area contributed by atoms with E-state index in [1.807, 2.05) is 72.9 Å². The van der Waals surface area contributed by atoms with Gasteiger partial charge in [-0.05, 0) is 49.9 Å². The number of para-hydroxylation sites is 1. The smallest absolute Gasteiger partial charge is 0.266 e. The molecule has 1 aliphatic rings. The summed E-state index contributed by atoms with van der Waals surface area (Å²) in [5.41, 5.74) is 3.72. The minimum absolute atomic E-state index is 0.0357. The van der Waals surface area contributed by atoms with Gasteiger partial charge in [-0.1, -0.05) is 61.2 Å². The van der Waals surface area contributed by atoms with Crippen LogP contribution in [-0.4, -0.2) is 36.7 Å². The van der Waals surface area contributed by atoms with Crippen LogP contribution in [0.3, 0.4) is 0 Å². The highest BCUT2D eigenvalue weighted by molar-refractivity contribution is 8.26. The average molecular weight is 466 g/mol. The summed E-state index contributed by atoms with van der Waals surface area (Å²) in [5, 5.41) is 4.86. The molecule has 1 saturated heterocycles. The third kappa shape index (κ3) is 4.63. The van der Waals surface area contributed by atoms with Gasteiger partial charge in [0.2, 0.25) is 0 Å². The fourth-order valence-corrected chi connectivity index (χ4v) is 5.55. The van der Waals surface area contributed by atoms with Crippen LogP contribution in [0.4, 0.5) is 0 Å². The Balaban J connectivity index is 1.78. The molecular formula is C24H23N3OS3. The first-order chi connectivity index (χ1) is 15.0. The molecule has 1 aliphatic heterocycles. The summed E-state index contributed by atoms with van der Waals surface area (Å²) in [7, 11) is 0. The SMILES string of the molecule is CCSc1ccc(-c2nn(-c3ccccc3)cc2C=C2SC(=S)N(C(C)C)C2=O)cc1. The van der Waals surface area contributed by atoms with Crippen molar-refractivity contribution in [2.75, 3.05) is 5.75 Å². The second-order valence-corrected chi connectivity index (χ2v) is 10.3. The van der Waals surface area contributed by atoms with E-state index in [2.05, 4.69) is 31.2 Å². The summed E-state index contributed by atoms with van der Waals surface area (Å²) < 4.78 is 2.46. The molecule has 0 spiro atoms. The number of nitrogens with zero attached hydrogens (tertiary/aromatic N) is 3. The molecule has 1 aromatic heterocycles. The summed E-state index contributed by atoms with van der Waals surface area (Å²) >= 11 is 8.60. The van der Waals surface area contributed by atoms with Crippen LogP contribution in [0.5, 0.6) is 0 Å². The van der Waals surface area contributed by atoms with Crippen LogP contribution in [0.15, 0.2) is 70.6 Å². The molecule has 0 bridgehead atoms. The van der Waals surface area contributed by atoms with E-state index in [0.717, 1.165) is 28.3 Å². The zero-order valence-corrected chi connectivity index (χ0v) is 20.1. The van der Waals surface area contributed by atoms with E-state index in [1.165, 1.54) is 16.7 Å². The average Bonchev–Trinajstić information content (AvgIpc) is 3.30. The third-order valence-corrected chi connectivity index (χ3v) is 7.05. The quantitative estimate of drug-likeness (QED) is 0.244. The zero-order chi connectivity index (χ0) is 22.0. The molecule has 0 radical (unpaired) electrons. The number of carbonyl (C=O) groups is 1. The molecule has 3 aromatic rings. The Kier molecular flexibility index (Phi) is 6.65. The number of amides is 1. The van der Waals surface area contributed by atoms with Gasteiger partial charge in [0.15, 0.2) is 0 Å². The van der Waals surface area contributed by atoms with Gasteiger partial charge < -0.3 is 0 Å². The molecule has 4 nitrogen and oxygen atoms in total. The van der Waals surface area contributed by atoms with Gasteiger partial charge in [-0.2, -0.15) is 5.10 Å². The molecule has 0 N–H and O–H groups in total. The Bertz CT molecular complexity index is 1130. The molecule has 2 heterocycles. The van der Waals surface area contributed by atoms with Crippen molar-refractivity contribution in [3.63, 3.8) is 0 Å². The van der Waals surface area contributed by atoms with E-state index in [1.54, 1.807) is 4.90 Å². The molecule has 1 fully saturated rings. The zero-order valence-electron chi connectivity index (χ0n) is 17.6. The molecule has 2 aromatic carbocycles. The first kappa shape index (κ1) is 21.9. The van der Waals surface area contributed by atoms with Gasteiger partial charge in [0, 0.05) is 28.3 Å². The Labute approximate surface area is 196 Å². The molecule has 0 atom stereocenters. The largest absolute Gasteiger partial charge is 0.290 e. The summed E-state index contributed by atoms with van der Waals surface area (Å²) in [6.07, 6.45) is 3.89. The molecule has 0 saturated carbocycles. The Morgan fingerprint density at radius 1 is 1.13 bits per heavy atom. The number of thioether (sulfide) groups is 2. The van der Waals surface area contributed by atoms with Gasteiger partial charge in [-0.3, -0.25) is 9.69 Å². The fraction of sp³-hybridized carbons (Fsp3) is 0.208. The van der Waals surface area contributed by atoms with Crippen molar-refractivity contribution in [2.45, 2.75) is 31.7 Å². The van der Waals surface area contributed by atoms with E-state index < -0.39 is 0 Å². The standard InChI is InChI=1S/C24H23N3OS3/c1-4-30-20-12-10-17(11-13-20)22-18(15-26(25-22)19-8-6-5-7-9-19)14-21-23(28)27(16(2)3)24(29)31-21/h5-16H,4H2,1-3H3. The van der Waals surface area contributed by atoms with E-state index in [0.29, 0.717) is 9.23 Å². The van der Waals surface area contributed by atoms with Crippen molar-refractivity contribution in [1.82, 2.24) is 14.7 Å². The number of carbonyl (C=O) groups excluding carboxylic acids is 1. The van der Waals surface area contributed by atoms with Gasteiger partial charge in [-0.25, -0.2) is 4.68 Å². The van der Waals surface area contributed by atoms with Crippen LogP contribution in [-0.2, 0) is 4.79 Å². The highest BCUT2D eigenvalue weighted by Gasteiger charge is 2.34. The normalized spacial score (nSPS) is 15.5. The third-order valence-electron chi connectivity index (χ3n) is 4.83. The van der Waals surface area contributed by atoms with Crippen molar-refractivity contribution in [1.29, 1.82) is 0 Å². The molecule has 7 heteroatoms. The minimum atomic E-state index is -0.0434. The molecule has 158 valence electrons. The summed E-state index contributed by atoms with van der Waals surface area (Å²) in [4.78, 5) is 16.5. The second-order valence-electron chi connectivity index (χ2n) is 7.32. The van der Waals surface area contributed by atoms with Crippen LogP contribution >= 0.6 is 35.7 Å². The lowest BCUT2D eigenvalue weighted by Crippen LogP contribution is -2.34. The first-order valence-corrected chi connectivity index (χ1v) is 12.3. The van der Waals surface area contributed by atoms with Gasteiger partial charge in [0.05, 0.1) is 16.3 Å². The van der Waals surface area contributed by atoms with Gasteiger partial charge in [0.1, 0.15) is 4.32 Å². The minimum Gasteiger partial charge on any atom is -0.290 e. The second kappa shape index (κ2) is 9.42. The predicted octanol–water partition coefficient (Wildman–Crippen LogP) is 6.26. The van der Waals surface area contributed by atoms with Crippen molar-refractivity contribution >= 4 is 52.0 Å². The maximum absolute atomic E-state index is 12.9. The van der Waals surface area contributed by atoms with Crippen molar-refractivity contribution < 1.29 is 4.79 Å². The summed E-state index contributed by atoms with van der Waals surface area (Å²) in [6.45, 7) is 6.09. The molecule has 0 unspecified atom stereocenters. The van der Waals surface area contributed by atoms with Crippen molar-refractivity contribution in [3.8, 4) is 16.9 Å². The van der Waals surface area contributed by atoms with Crippen molar-refractivity contribution in [2.24, 2.45) is 0 Å². The predicted molar refractivity (Wildman–Crippen MR) is 136 cm³/mol. The number of thiocarbonyl (C=S) groups is 1. The van der Waals surface area contributed by atoms with Gasteiger partial charge in [0.25, 0.3) is 5.91 Å². The lowest BCUT2D eigenvalue weighted by Gasteiger charge is -2.18. The topological polar surface area (TPSA) is 38.1 Å². The highest BCUT2D eigenvalue weighted by atomic mass is 32.2. The van der Waals surface area contributed by atoms with Crippen LogP contribution < -0.4 is 0 Å².